The summed E-state index contributed by atoms with van der Waals surface area (Å²) in [5.74, 6) is 0.490. The van der Waals surface area contributed by atoms with Crippen molar-refractivity contribution in [2.24, 2.45) is 0 Å². The molecule has 2 aromatic heterocycles. The zero-order chi connectivity index (χ0) is 10.1. The maximum Gasteiger partial charge on any atom is 0.123 e. The third-order valence-electron chi connectivity index (χ3n) is 1.87. The minimum atomic E-state index is 0.490. The van der Waals surface area contributed by atoms with Crippen molar-refractivity contribution in [1.29, 1.82) is 0 Å². The van der Waals surface area contributed by atoms with Gasteiger partial charge in [-0.2, -0.15) is 5.10 Å². The summed E-state index contributed by atoms with van der Waals surface area (Å²) in [6.45, 7) is 1.85. The van der Waals surface area contributed by atoms with Crippen LogP contribution in [0.3, 0.4) is 0 Å². The molecule has 0 saturated heterocycles. The van der Waals surface area contributed by atoms with E-state index < -0.39 is 0 Å². The highest BCUT2D eigenvalue weighted by Crippen LogP contribution is 2.15. The molecule has 0 spiro atoms. The first kappa shape index (κ1) is 9.02. The Balaban J connectivity index is 2.44. The van der Waals surface area contributed by atoms with Gasteiger partial charge in [0.15, 0.2) is 0 Å². The van der Waals surface area contributed by atoms with Crippen LogP contribution in [0.4, 0.5) is 5.82 Å². The van der Waals surface area contributed by atoms with Gasteiger partial charge in [-0.25, -0.2) is 9.67 Å². The molecule has 0 aliphatic heterocycles. The number of nitrogens with zero attached hydrogens (tertiary/aromatic N) is 3. The van der Waals surface area contributed by atoms with Gasteiger partial charge in [-0.05, 0) is 19.1 Å². The highest BCUT2D eigenvalue weighted by Gasteiger charge is 2.03. The fourth-order valence-electron chi connectivity index (χ4n) is 1.10. The van der Waals surface area contributed by atoms with E-state index in [0.29, 0.717) is 10.8 Å². The minimum absolute atomic E-state index is 0.490. The van der Waals surface area contributed by atoms with Crippen molar-refractivity contribution in [2.45, 2.75) is 6.92 Å². The van der Waals surface area contributed by atoms with E-state index in [4.69, 9.17) is 17.3 Å². The molecular weight excluding hydrogens is 200 g/mol. The van der Waals surface area contributed by atoms with Crippen LogP contribution in [-0.4, -0.2) is 14.8 Å². The average Bonchev–Trinajstić information content (AvgIpc) is 2.48. The molecule has 2 aromatic rings. The fraction of sp³-hybridized carbons (Fsp3) is 0.111. The molecule has 0 aromatic carbocycles. The second kappa shape index (κ2) is 3.31. The first-order valence-corrected chi connectivity index (χ1v) is 4.48. The van der Waals surface area contributed by atoms with Crippen molar-refractivity contribution in [3.63, 3.8) is 0 Å². The van der Waals surface area contributed by atoms with Gasteiger partial charge in [0.2, 0.25) is 0 Å². The summed E-state index contributed by atoms with van der Waals surface area (Å²) in [4.78, 5) is 3.97. The van der Waals surface area contributed by atoms with Crippen LogP contribution in [0.15, 0.2) is 24.5 Å². The van der Waals surface area contributed by atoms with Crippen LogP contribution in [0.1, 0.15) is 5.69 Å². The number of hydrogen-bond acceptors (Lipinski definition) is 3. The Hall–Kier alpha value is -1.55. The highest BCUT2D eigenvalue weighted by molar-refractivity contribution is 6.31. The Morgan fingerprint density at radius 1 is 1.43 bits per heavy atom. The lowest BCUT2D eigenvalue weighted by Gasteiger charge is -1.99. The van der Waals surface area contributed by atoms with Crippen LogP contribution in [-0.2, 0) is 0 Å². The number of nitrogens with two attached hydrogens (primary N) is 1. The van der Waals surface area contributed by atoms with Crippen molar-refractivity contribution < 1.29 is 0 Å². The molecule has 2 rings (SSSR count). The number of aromatic nitrogens is 3. The maximum absolute atomic E-state index is 5.88. The van der Waals surface area contributed by atoms with Crippen LogP contribution < -0.4 is 5.73 Å². The van der Waals surface area contributed by atoms with Crippen LogP contribution >= 0.6 is 11.6 Å². The minimum Gasteiger partial charge on any atom is -0.384 e. The molecule has 5 heteroatoms. The van der Waals surface area contributed by atoms with Crippen LogP contribution in [0.5, 0.6) is 0 Å². The molecular formula is C9H9ClN4. The van der Waals surface area contributed by atoms with Gasteiger partial charge in [-0.15, -0.1) is 0 Å². The van der Waals surface area contributed by atoms with Crippen molar-refractivity contribution in [3.05, 3.63) is 35.2 Å². The summed E-state index contributed by atoms with van der Waals surface area (Å²) in [7, 11) is 0. The van der Waals surface area contributed by atoms with E-state index in [2.05, 4.69) is 10.1 Å². The number of rotatable bonds is 1. The van der Waals surface area contributed by atoms with Crippen LogP contribution in [0, 0.1) is 6.92 Å². The van der Waals surface area contributed by atoms with Gasteiger partial charge in [0, 0.05) is 6.20 Å². The van der Waals surface area contributed by atoms with Crippen molar-refractivity contribution in [3.8, 4) is 5.69 Å². The van der Waals surface area contributed by atoms with Crippen LogP contribution in [0.25, 0.3) is 5.69 Å². The Labute approximate surface area is 86.3 Å². The molecule has 0 amide bonds. The van der Waals surface area contributed by atoms with Crippen molar-refractivity contribution >= 4 is 17.4 Å². The van der Waals surface area contributed by atoms with Gasteiger partial charge in [-0.1, -0.05) is 11.6 Å². The summed E-state index contributed by atoms with van der Waals surface area (Å²) >= 11 is 5.88. The van der Waals surface area contributed by atoms with Gasteiger partial charge < -0.3 is 5.73 Å². The summed E-state index contributed by atoms with van der Waals surface area (Å²) < 4.78 is 1.67. The number of hydrogen-bond donors (Lipinski definition) is 1. The predicted molar refractivity (Wildman–Crippen MR) is 55.5 cm³/mol. The molecule has 0 fully saturated rings. The number of aryl methyl sites for hydroxylation is 1. The lowest BCUT2D eigenvalue weighted by Crippen LogP contribution is -1.97. The standard InChI is InChI=1S/C9H9ClN4/c1-6-8(10)5-14(13-6)7-2-3-9(11)12-4-7/h2-5H,1H3,(H2,11,12). The zero-order valence-corrected chi connectivity index (χ0v) is 8.36. The molecule has 14 heavy (non-hydrogen) atoms. The molecule has 0 bridgehead atoms. The zero-order valence-electron chi connectivity index (χ0n) is 7.61. The quantitative estimate of drug-likeness (QED) is 0.778. The van der Waals surface area contributed by atoms with E-state index in [-0.39, 0.29) is 0 Å². The largest absolute Gasteiger partial charge is 0.384 e. The topological polar surface area (TPSA) is 56.7 Å². The first-order chi connectivity index (χ1) is 6.66. The molecule has 0 saturated carbocycles. The van der Waals surface area contributed by atoms with Crippen LogP contribution in [0.2, 0.25) is 5.02 Å². The molecule has 0 unspecified atom stereocenters. The fourth-order valence-corrected chi connectivity index (χ4v) is 1.23. The smallest absolute Gasteiger partial charge is 0.123 e. The van der Waals surface area contributed by atoms with E-state index in [1.165, 1.54) is 0 Å². The van der Waals surface area contributed by atoms with E-state index in [1.54, 1.807) is 23.1 Å². The normalized spacial score (nSPS) is 10.4. The van der Waals surface area contributed by atoms with Gasteiger partial charge in [-0.3, -0.25) is 0 Å². The summed E-state index contributed by atoms with van der Waals surface area (Å²) in [5.41, 5.74) is 7.11. The second-order valence-corrected chi connectivity index (χ2v) is 3.36. The molecule has 0 aliphatic carbocycles. The van der Waals surface area contributed by atoms with E-state index in [9.17, 15) is 0 Å². The predicted octanol–water partition coefficient (Wildman–Crippen LogP) is 1.81. The average molecular weight is 209 g/mol. The lowest BCUT2D eigenvalue weighted by atomic mass is 10.4. The lowest BCUT2D eigenvalue weighted by molar-refractivity contribution is 0.857. The Morgan fingerprint density at radius 3 is 2.71 bits per heavy atom. The third kappa shape index (κ3) is 1.56. The van der Waals surface area contributed by atoms with Gasteiger partial charge in [0.05, 0.1) is 22.6 Å². The van der Waals surface area contributed by atoms with Gasteiger partial charge in [0.1, 0.15) is 5.82 Å². The summed E-state index contributed by atoms with van der Waals surface area (Å²) in [5, 5.41) is 4.85. The summed E-state index contributed by atoms with van der Waals surface area (Å²) in [6.07, 6.45) is 3.39. The Kier molecular flexibility index (Phi) is 2.13. The maximum atomic E-state index is 5.88. The van der Waals surface area contributed by atoms with E-state index >= 15 is 0 Å². The second-order valence-electron chi connectivity index (χ2n) is 2.95. The Morgan fingerprint density at radius 2 is 2.21 bits per heavy atom. The van der Waals surface area contributed by atoms with E-state index in [1.807, 2.05) is 13.0 Å². The molecule has 2 N–H and O–H groups in total. The number of nitrogen functional groups attached to an aromatic ring is 1. The molecule has 0 radical (unpaired) electrons. The highest BCUT2D eigenvalue weighted by atomic mass is 35.5. The van der Waals surface area contributed by atoms with Gasteiger partial charge in [0.25, 0.3) is 0 Å². The number of anilines is 1. The number of pyridine rings is 1. The van der Waals surface area contributed by atoms with Gasteiger partial charge >= 0.3 is 0 Å². The first-order valence-electron chi connectivity index (χ1n) is 4.10. The van der Waals surface area contributed by atoms with Crippen molar-refractivity contribution in [2.75, 3.05) is 5.73 Å². The molecule has 2 heterocycles. The monoisotopic (exact) mass is 208 g/mol. The summed E-state index contributed by atoms with van der Waals surface area (Å²) in [6, 6.07) is 3.56. The van der Waals surface area contributed by atoms with E-state index in [0.717, 1.165) is 11.4 Å². The SMILES string of the molecule is Cc1nn(-c2ccc(N)nc2)cc1Cl. The Bertz CT molecular complexity index is 427. The third-order valence-corrected chi connectivity index (χ3v) is 2.25. The number of halogens is 1. The molecule has 0 atom stereocenters. The van der Waals surface area contributed by atoms with Crippen molar-refractivity contribution in [1.82, 2.24) is 14.8 Å². The molecule has 4 nitrogen and oxygen atoms in total. The molecule has 0 aliphatic rings. The molecule has 72 valence electrons.